The molecule has 2 N–H and O–H groups in total. The molecule has 2 heterocycles. The molecule has 6 rings (SSSR count). The second-order valence-corrected chi connectivity index (χ2v) is 17.2. The first-order valence-corrected chi connectivity index (χ1v) is 20.3. The molecule has 0 aliphatic carbocycles. The molecule has 4 aromatic rings. The molecule has 0 unspecified atom stereocenters. The van der Waals surface area contributed by atoms with E-state index in [2.05, 4.69) is 10.6 Å². The van der Waals surface area contributed by atoms with Crippen molar-refractivity contribution in [3.05, 3.63) is 117 Å². The lowest BCUT2D eigenvalue weighted by molar-refractivity contribution is 0.101. The molecule has 4 aromatic carbocycles. The molecule has 2 saturated heterocycles. The predicted octanol–water partition coefficient (Wildman–Crippen LogP) is 8.09. The fourth-order valence-corrected chi connectivity index (χ4v) is 9.45. The van der Waals surface area contributed by atoms with Crippen LogP contribution in [0.2, 0.25) is 10.0 Å². The van der Waals surface area contributed by atoms with E-state index < -0.39 is 60.7 Å². The summed E-state index contributed by atoms with van der Waals surface area (Å²) in [6, 6.07) is 12.9. The molecular weight excluding hydrogens is 795 g/mol. The van der Waals surface area contributed by atoms with Gasteiger partial charge in [0.2, 0.25) is 20.0 Å². The van der Waals surface area contributed by atoms with Crippen LogP contribution in [-0.4, -0.2) is 63.4 Å². The van der Waals surface area contributed by atoms with Crippen molar-refractivity contribution in [1.29, 1.82) is 0 Å². The van der Waals surface area contributed by atoms with E-state index in [1.807, 2.05) is 0 Å². The highest BCUT2D eigenvalue weighted by Gasteiger charge is 2.29. The Morgan fingerprint density at radius 2 is 0.889 bits per heavy atom. The first kappa shape index (κ1) is 41.1. The summed E-state index contributed by atoms with van der Waals surface area (Å²) in [7, 11) is -7.63. The van der Waals surface area contributed by atoms with Crippen LogP contribution in [0.15, 0.2) is 82.6 Å². The minimum atomic E-state index is -3.85. The SMILES string of the molecule is O=C(Nc1cc(Cl)cc(Cl)c1)c1cc(S(=O)(=O)N2CCCCC2)ccc1F.O=C(Nc1cc(F)cc(F)c1)c1cc(S(=O)(=O)N2CCCCC2)ccc1F. The third-order valence-corrected chi connectivity index (χ3v) is 12.7. The average Bonchev–Trinajstić information content (AvgIpc) is 3.12. The summed E-state index contributed by atoms with van der Waals surface area (Å²) in [6.45, 7) is 1.57. The highest BCUT2D eigenvalue weighted by atomic mass is 35.5. The summed E-state index contributed by atoms with van der Waals surface area (Å²) >= 11 is 11.8. The Morgan fingerprint density at radius 3 is 1.28 bits per heavy atom. The lowest BCUT2D eigenvalue weighted by Crippen LogP contribution is -2.35. The quantitative estimate of drug-likeness (QED) is 0.173. The third-order valence-electron chi connectivity index (χ3n) is 8.51. The molecule has 0 aromatic heterocycles. The topological polar surface area (TPSA) is 133 Å². The molecule has 2 aliphatic heterocycles. The molecule has 0 spiro atoms. The lowest BCUT2D eigenvalue weighted by atomic mass is 10.2. The predicted molar refractivity (Wildman–Crippen MR) is 197 cm³/mol. The van der Waals surface area contributed by atoms with Gasteiger partial charge in [-0.1, -0.05) is 36.0 Å². The molecular formula is C36H34Cl2F4N4O6S2. The minimum absolute atomic E-state index is 0.111. The molecule has 0 radical (unpaired) electrons. The fraction of sp³-hybridized carbons (Fsp3) is 0.278. The van der Waals surface area contributed by atoms with Gasteiger partial charge in [-0.05, 0) is 92.4 Å². The van der Waals surface area contributed by atoms with Gasteiger partial charge < -0.3 is 10.6 Å². The van der Waals surface area contributed by atoms with Crippen LogP contribution in [-0.2, 0) is 20.0 Å². The number of rotatable bonds is 8. The van der Waals surface area contributed by atoms with Crippen LogP contribution in [0.1, 0.15) is 59.2 Å². The second-order valence-electron chi connectivity index (χ2n) is 12.4. The van der Waals surface area contributed by atoms with Crippen LogP contribution in [0.3, 0.4) is 0 Å². The number of benzene rings is 4. The number of sulfonamides is 2. The Labute approximate surface area is 320 Å². The number of nitrogens with zero attached hydrogens (tertiary/aromatic N) is 2. The van der Waals surface area contributed by atoms with Gasteiger partial charge in [0.15, 0.2) is 0 Å². The Kier molecular flexibility index (Phi) is 13.4. The van der Waals surface area contributed by atoms with Crippen LogP contribution >= 0.6 is 23.2 Å². The molecule has 0 atom stereocenters. The summed E-state index contributed by atoms with van der Waals surface area (Å²) in [5.41, 5.74) is -0.829. The number of nitrogens with one attached hydrogen (secondary N) is 2. The van der Waals surface area contributed by atoms with Crippen LogP contribution < -0.4 is 10.6 Å². The van der Waals surface area contributed by atoms with Gasteiger partial charge >= 0.3 is 0 Å². The zero-order chi connectivity index (χ0) is 39.2. The largest absolute Gasteiger partial charge is 0.322 e. The minimum Gasteiger partial charge on any atom is -0.322 e. The maximum Gasteiger partial charge on any atom is 0.258 e. The van der Waals surface area contributed by atoms with E-state index in [1.54, 1.807) is 0 Å². The number of anilines is 2. The van der Waals surface area contributed by atoms with Gasteiger partial charge in [-0.25, -0.2) is 34.4 Å². The molecule has 54 heavy (non-hydrogen) atoms. The summed E-state index contributed by atoms with van der Waals surface area (Å²) in [5, 5.41) is 5.26. The summed E-state index contributed by atoms with van der Waals surface area (Å²) in [6.07, 6.45) is 4.95. The van der Waals surface area contributed by atoms with Gasteiger partial charge in [-0.3, -0.25) is 9.59 Å². The van der Waals surface area contributed by atoms with Gasteiger partial charge in [0.1, 0.15) is 23.3 Å². The van der Waals surface area contributed by atoms with Gasteiger partial charge in [-0.2, -0.15) is 8.61 Å². The Morgan fingerprint density at radius 1 is 0.519 bits per heavy atom. The second kappa shape index (κ2) is 17.6. The molecule has 2 fully saturated rings. The third kappa shape index (κ3) is 10.2. The highest BCUT2D eigenvalue weighted by Crippen LogP contribution is 2.27. The van der Waals surface area contributed by atoms with Crippen molar-refractivity contribution < 1.29 is 44.0 Å². The van der Waals surface area contributed by atoms with Crippen LogP contribution in [0, 0.1) is 23.3 Å². The molecule has 2 amide bonds. The summed E-state index contributed by atoms with van der Waals surface area (Å²) in [4.78, 5) is 24.5. The van der Waals surface area contributed by atoms with Crippen molar-refractivity contribution in [1.82, 2.24) is 8.61 Å². The van der Waals surface area contributed by atoms with Crippen LogP contribution in [0.25, 0.3) is 0 Å². The number of amides is 2. The van der Waals surface area contributed by atoms with E-state index in [4.69, 9.17) is 23.2 Å². The maximum atomic E-state index is 14.2. The fourth-order valence-electron chi connectivity index (χ4n) is 5.84. The zero-order valence-electron chi connectivity index (χ0n) is 28.4. The van der Waals surface area contributed by atoms with Crippen LogP contribution in [0.4, 0.5) is 28.9 Å². The number of halogens is 6. The molecule has 0 bridgehead atoms. The normalized spacial score (nSPS) is 15.5. The Hall–Kier alpha value is -4.06. The van der Waals surface area contributed by atoms with Gasteiger partial charge in [0.25, 0.3) is 11.8 Å². The van der Waals surface area contributed by atoms with Crippen molar-refractivity contribution in [2.75, 3.05) is 36.8 Å². The van der Waals surface area contributed by atoms with E-state index >= 15 is 0 Å². The lowest BCUT2D eigenvalue weighted by Gasteiger charge is -2.26. The number of hydrogen-bond acceptors (Lipinski definition) is 6. The molecule has 18 heteroatoms. The molecule has 0 saturated carbocycles. The first-order valence-electron chi connectivity index (χ1n) is 16.7. The smallest absolute Gasteiger partial charge is 0.258 e. The van der Waals surface area contributed by atoms with E-state index in [1.165, 1.54) is 32.9 Å². The van der Waals surface area contributed by atoms with Crippen molar-refractivity contribution >= 4 is 66.4 Å². The van der Waals surface area contributed by atoms with Crippen molar-refractivity contribution in [3.63, 3.8) is 0 Å². The van der Waals surface area contributed by atoms with Crippen LogP contribution in [0.5, 0.6) is 0 Å². The summed E-state index contributed by atoms with van der Waals surface area (Å²) < 4.78 is 108. The zero-order valence-corrected chi connectivity index (χ0v) is 31.6. The number of piperidine rings is 2. The van der Waals surface area contributed by atoms with Gasteiger partial charge in [-0.15, -0.1) is 0 Å². The summed E-state index contributed by atoms with van der Waals surface area (Å²) in [5.74, 6) is -5.38. The molecule has 288 valence electrons. The number of carbonyl (C=O) groups excluding carboxylic acids is 2. The van der Waals surface area contributed by atoms with Gasteiger partial charge in [0, 0.05) is 53.7 Å². The maximum absolute atomic E-state index is 14.2. The average molecular weight is 830 g/mol. The highest BCUT2D eigenvalue weighted by molar-refractivity contribution is 7.89. The number of carbonyl (C=O) groups is 2. The van der Waals surface area contributed by atoms with Crippen molar-refractivity contribution in [3.8, 4) is 0 Å². The standard InChI is InChI=1S/C18H17Cl2FN2O3S.C18H17F3N2O3S/c2*19-12-8-13(20)10-14(9-12)22-18(24)16-11-15(4-5-17(16)21)27(25,26)23-6-2-1-3-7-23/h2*4-5,8-11H,1-3,6-7H2,(H,22,24). The van der Waals surface area contributed by atoms with E-state index in [0.29, 0.717) is 42.3 Å². The number of hydrogen-bond donors (Lipinski definition) is 2. The first-order chi connectivity index (χ1) is 25.5. The Bertz CT molecular complexity index is 2070. The van der Waals surface area contributed by atoms with E-state index in [9.17, 15) is 44.0 Å². The van der Waals surface area contributed by atoms with Crippen molar-refractivity contribution in [2.24, 2.45) is 0 Å². The van der Waals surface area contributed by atoms with Crippen molar-refractivity contribution in [2.45, 2.75) is 48.3 Å². The molecule has 2 aliphatic rings. The van der Waals surface area contributed by atoms with E-state index in [-0.39, 0.29) is 26.7 Å². The molecule has 10 nitrogen and oxygen atoms in total. The Balaban J connectivity index is 0.000000208. The monoisotopic (exact) mass is 828 g/mol. The van der Waals surface area contributed by atoms with E-state index in [0.717, 1.165) is 81.0 Å². The van der Waals surface area contributed by atoms with Gasteiger partial charge in [0.05, 0.1) is 20.9 Å².